The van der Waals surface area contributed by atoms with Crippen LogP contribution >= 0.6 is 0 Å². The van der Waals surface area contributed by atoms with Gasteiger partial charge < -0.3 is 9.80 Å². The maximum absolute atomic E-state index is 13.5. The summed E-state index contributed by atoms with van der Waals surface area (Å²) in [5.74, 6) is 0.904. The zero-order valence-electron chi connectivity index (χ0n) is 15.0. The van der Waals surface area contributed by atoms with Crippen LogP contribution in [0.15, 0.2) is 42.6 Å². The quantitative estimate of drug-likeness (QED) is 0.835. The Kier molecular flexibility index (Phi) is 3.98. The number of pyridine rings is 1. The van der Waals surface area contributed by atoms with Crippen LogP contribution in [0.4, 0.5) is 11.5 Å². The summed E-state index contributed by atoms with van der Waals surface area (Å²) in [5.41, 5.74) is 3.08. The van der Waals surface area contributed by atoms with Gasteiger partial charge in [-0.2, -0.15) is 0 Å². The number of benzene rings is 1. The predicted octanol–water partition coefficient (Wildman–Crippen LogP) is 3.91. The first-order valence-electron chi connectivity index (χ1n) is 9.15. The minimum absolute atomic E-state index is 0.0650. The van der Waals surface area contributed by atoms with Gasteiger partial charge in [-0.15, -0.1) is 0 Å². The number of hydrogen-bond acceptors (Lipinski definition) is 3. The van der Waals surface area contributed by atoms with Crippen molar-refractivity contribution in [2.45, 2.75) is 33.1 Å². The van der Waals surface area contributed by atoms with Crippen molar-refractivity contribution < 1.29 is 4.79 Å². The molecule has 0 radical (unpaired) electrons. The summed E-state index contributed by atoms with van der Waals surface area (Å²) >= 11 is 0. The molecule has 1 saturated heterocycles. The highest BCUT2D eigenvalue weighted by Crippen LogP contribution is 2.37. The number of aromatic nitrogens is 1. The summed E-state index contributed by atoms with van der Waals surface area (Å²) in [6.07, 6.45) is 5.13. The van der Waals surface area contributed by atoms with Crippen LogP contribution in [0.2, 0.25) is 0 Å². The van der Waals surface area contributed by atoms with Crippen LogP contribution < -0.4 is 9.80 Å². The van der Waals surface area contributed by atoms with Crippen molar-refractivity contribution >= 4 is 17.4 Å². The van der Waals surface area contributed by atoms with Crippen LogP contribution in [0, 0.1) is 5.41 Å². The average Bonchev–Trinajstić information content (AvgIpc) is 3.14. The molecule has 0 bridgehead atoms. The smallest absolute Gasteiger partial charge is 0.262 e. The average molecular weight is 335 g/mol. The molecule has 2 aliphatic rings. The predicted molar refractivity (Wildman–Crippen MR) is 101 cm³/mol. The standard InChI is InChI=1S/C21H25N3O/c1-21(2)14-16-8-3-4-10-18(16)24(15-21)20(25)17-9-7-11-22-19(17)23-12-5-6-13-23/h3-4,7-11H,5-6,12-15H2,1-2H3. The summed E-state index contributed by atoms with van der Waals surface area (Å²) in [5, 5.41) is 0. The largest absolute Gasteiger partial charge is 0.356 e. The van der Waals surface area contributed by atoms with Crippen LogP contribution in [0.3, 0.4) is 0 Å². The van der Waals surface area contributed by atoms with Gasteiger partial charge in [-0.1, -0.05) is 32.0 Å². The van der Waals surface area contributed by atoms with E-state index in [1.807, 2.05) is 23.1 Å². The number of hydrogen-bond donors (Lipinski definition) is 0. The Morgan fingerprint density at radius 2 is 1.84 bits per heavy atom. The number of para-hydroxylation sites is 1. The Morgan fingerprint density at radius 3 is 2.64 bits per heavy atom. The fourth-order valence-corrected chi connectivity index (χ4v) is 4.08. The third-order valence-corrected chi connectivity index (χ3v) is 5.21. The van der Waals surface area contributed by atoms with Crippen molar-refractivity contribution in [1.82, 2.24) is 4.98 Å². The molecule has 2 aromatic rings. The number of carbonyl (C=O) groups is 1. The highest BCUT2D eigenvalue weighted by atomic mass is 16.2. The van der Waals surface area contributed by atoms with Gasteiger partial charge in [-0.3, -0.25) is 4.79 Å². The van der Waals surface area contributed by atoms with Gasteiger partial charge in [-0.05, 0) is 48.4 Å². The van der Waals surface area contributed by atoms with Gasteiger partial charge in [0.1, 0.15) is 5.82 Å². The number of amides is 1. The Bertz CT molecular complexity index is 793. The first-order valence-corrected chi connectivity index (χ1v) is 9.15. The minimum atomic E-state index is 0.0650. The van der Waals surface area contributed by atoms with Crippen LogP contribution in [0.1, 0.15) is 42.6 Å². The molecule has 2 aliphatic heterocycles. The van der Waals surface area contributed by atoms with Crippen molar-refractivity contribution in [3.63, 3.8) is 0 Å². The number of rotatable bonds is 2. The number of carbonyl (C=O) groups excluding carboxylic acids is 1. The molecule has 4 heteroatoms. The molecular formula is C21H25N3O. The van der Waals surface area contributed by atoms with Crippen molar-refractivity contribution in [3.8, 4) is 0 Å². The molecule has 4 rings (SSSR count). The molecule has 0 saturated carbocycles. The monoisotopic (exact) mass is 335 g/mol. The highest BCUT2D eigenvalue weighted by Gasteiger charge is 2.35. The Balaban J connectivity index is 1.74. The lowest BCUT2D eigenvalue weighted by atomic mass is 9.81. The molecule has 0 unspecified atom stereocenters. The lowest BCUT2D eigenvalue weighted by Gasteiger charge is -2.39. The van der Waals surface area contributed by atoms with E-state index in [2.05, 4.69) is 41.9 Å². The summed E-state index contributed by atoms with van der Waals surface area (Å²) < 4.78 is 0. The topological polar surface area (TPSA) is 36.4 Å². The minimum Gasteiger partial charge on any atom is -0.356 e. The van der Waals surface area contributed by atoms with Crippen molar-refractivity contribution in [3.05, 3.63) is 53.7 Å². The van der Waals surface area contributed by atoms with Crippen LogP contribution in [0.25, 0.3) is 0 Å². The second-order valence-electron chi connectivity index (χ2n) is 7.93. The molecule has 0 N–H and O–H groups in total. The second kappa shape index (κ2) is 6.17. The summed E-state index contributed by atoms with van der Waals surface area (Å²) in [6, 6.07) is 12.1. The van der Waals surface area contributed by atoms with Gasteiger partial charge in [-0.25, -0.2) is 4.98 Å². The maximum atomic E-state index is 13.5. The zero-order chi connectivity index (χ0) is 17.4. The Hall–Kier alpha value is -2.36. The number of fused-ring (bicyclic) bond motifs is 1. The van der Waals surface area contributed by atoms with E-state index in [-0.39, 0.29) is 11.3 Å². The van der Waals surface area contributed by atoms with E-state index >= 15 is 0 Å². The van der Waals surface area contributed by atoms with Crippen molar-refractivity contribution in [2.75, 3.05) is 29.4 Å². The van der Waals surface area contributed by atoms with Gasteiger partial charge in [0.25, 0.3) is 5.91 Å². The molecule has 0 aliphatic carbocycles. The molecule has 1 fully saturated rings. The third-order valence-electron chi connectivity index (χ3n) is 5.21. The zero-order valence-corrected chi connectivity index (χ0v) is 15.0. The Labute approximate surface area is 149 Å². The Morgan fingerprint density at radius 1 is 1.08 bits per heavy atom. The SMILES string of the molecule is CC1(C)Cc2ccccc2N(C(=O)c2cccnc2N2CCCC2)C1. The van der Waals surface area contributed by atoms with E-state index in [4.69, 9.17) is 0 Å². The lowest BCUT2D eigenvalue weighted by Crippen LogP contribution is -2.44. The second-order valence-corrected chi connectivity index (χ2v) is 7.93. The maximum Gasteiger partial charge on any atom is 0.262 e. The summed E-state index contributed by atoms with van der Waals surface area (Å²) in [4.78, 5) is 22.2. The summed E-state index contributed by atoms with van der Waals surface area (Å²) in [7, 11) is 0. The first kappa shape index (κ1) is 16.1. The van der Waals surface area contributed by atoms with Crippen LogP contribution in [0.5, 0.6) is 0 Å². The molecule has 0 atom stereocenters. The van der Waals surface area contributed by atoms with Gasteiger partial charge in [0.15, 0.2) is 0 Å². The van der Waals surface area contributed by atoms with E-state index in [1.54, 1.807) is 6.20 Å². The fraction of sp³-hybridized carbons (Fsp3) is 0.429. The summed E-state index contributed by atoms with van der Waals surface area (Å²) in [6.45, 7) is 7.16. The molecule has 130 valence electrons. The van der Waals surface area contributed by atoms with E-state index in [0.29, 0.717) is 0 Å². The molecule has 4 nitrogen and oxygen atoms in total. The van der Waals surface area contributed by atoms with Crippen molar-refractivity contribution in [1.29, 1.82) is 0 Å². The first-order chi connectivity index (χ1) is 12.1. The van der Waals surface area contributed by atoms with E-state index in [9.17, 15) is 4.79 Å². The molecule has 25 heavy (non-hydrogen) atoms. The van der Waals surface area contributed by atoms with E-state index in [0.717, 1.165) is 43.1 Å². The number of anilines is 2. The van der Waals surface area contributed by atoms with Crippen LogP contribution in [-0.4, -0.2) is 30.5 Å². The van der Waals surface area contributed by atoms with Gasteiger partial charge in [0.2, 0.25) is 0 Å². The third kappa shape index (κ3) is 3.01. The van der Waals surface area contributed by atoms with Gasteiger partial charge in [0.05, 0.1) is 5.56 Å². The van der Waals surface area contributed by atoms with E-state index < -0.39 is 0 Å². The number of nitrogens with zero attached hydrogens (tertiary/aromatic N) is 3. The molecule has 0 spiro atoms. The molecule has 1 aromatic heterocycles. The van der Waals surface area contributed by atoms with Crippen molar-refractivity contribution in [2.24, 2.45) is 5.41 Å². The normalized spacial score (nSPS) is 19.0. The molecule has 1 aromatic carbocycles. The van der Waals surface area contributed by atoms with Gasteiger partial charge in [0, 0.05) is 31.5 Å². The lowest BCUT2D eigenvalue weighted by molar-refractivity contribution is 0.0972. The molecule has 3 heterocycles. The van der Waals surface area contributed by atoms with Gasteiger partial charge >= 0.3 is 0 Å². The fourth-order valence-electron chi connectivity index (χ4n) is 4.08. The molecular weight excluding hydrogens is 310 g/mol. The van der Waals surface area contributed by atoms with E-state index in [1.165, 1.54) is 18.4 Å². The van der Waals surface area contributed by atoms with Crippen LogP contribution in [-0.2, 0) is 6.42 Å². The highest BCUT2D eigenvalue weighted by molar-refractivity contribution is 6.09. The molecule has 1 amide bonds.